The van der Waals surface area contributed by atoms with Gasteiger partial charge in [0.05, 0.1) is 44.8 Å². The highest BCUT2D eigenvalue weighted by Gasteiger charge is 2.43. The summed E-state index contributed by atoms with van der Waals surface area (Å²) in [5, 5.41) is 15.5. The molecule has 1 unspecified atom stereocenters. The number of benzene rings is 2. The van der Waals surface area contributed by atoms with Gasteiger partial charge in [0.25, 0.3) is 0 Å². The zero-order chi connectivity index (χ0) is 29.1. The minimum Gasteiger partial charge on any atom is -0.490 e. The Bertz CT molecular complexity index is 1080. The molecule has 0 aliphatic carbocycles. The molecular formula is C32H48N2O7. The van der Waals surface area contributed by atoms with Crippen LogP contribution in [0.15, 0.2) is 36.4 Å². The van der Waals surface area contributed by atoms with Crippen molar-refractivity contribution in [2.75, 3.05) is 71.7 Å². The molecule has 0 spiro atoms. The average molecular weight is 573 g/mol. The second-order valence-corrected chi connectivity index (χ2v) is 10.9. The van der Waals surface area contributed by atoms with Crippen LogP contribution >= 0.6 is 0 Å². The minimum atomic E-state index is -1.15. The van der Waals surface area contributed by atoms with Crippen molar-refractivity contribution in [2.24, 2.45) is 0 Å². The summed E-state index contributed by atoms with van der Waals surface area (Å²) < 4.78 is 34.6. The summed E-state index contributed by atoms with van der Waals surface area (Å²) in [5.41, 5.74) is 3.81. The molecule has 2 aromatic carbocycles. The largest absolute Gasteiger partial charge is 0.490 e. The number of hydrogen-bond donors (Lipinski definition) is 2. The van der Waals surface area contributed by atoms with Crippen molar-refractivity contribution in [3.8, 4) is 5.75 Å². The average Bonchev–Trinajstić information content (AvgIpc) is 2.97. The fourth-order valence-corrected chi connectivity index (χ4v) is 5.69. The molecule has 0 saturated carbocycles. The highest BCUT2D eigenvalue weighted by molar-refractivity contribution is 5.61. The van der Waals surface area contributed by atoms with E-state index in [0.29, 0.717) is 59.2 Å². The minimum absolute atomic E-state index is 0.0486. The van der Waals surface area contributed by atoms with Gasteiger partial charge in [-0.2, -0.15) is 0 Å². The zero-order valence-corrected chi connectivity index (χ0v) is 25.2. The van der Waals surface area contributed by atoms with Gasteiger partial charge in [-0.15, -0.1) is 0 Å². The van der Waals surface area contributed by atoms with E-state index >= 15 is 0 Å². The summed E-state index contributed by atoms with van der Waals surface area (Å²) in [5.74, 6) is 0.897. The van der Waals surface area contributed by atoms with Crippen LogP contribution in [0.4, 0.5) is 5.69 Å². The van der Waals surface area contributed by atoms with Gasteiger partial charge in [-0.3, -0.25) is 0 Å². The second-order valence-electron chi connectivity index (χ2n) is 10.9. The van der Waals surface area contributed by atoms with Crippen molar-refractivity contribution in [2.45, 2.75) is 64.3 Å². The number of aliphatic hydroxyl groups is 1. The molecule has 2 aromatic rings. The lowest BCUT2D eigenvalue weighted by Gasteiger charge is -2.41. The number of nitrogens with one attached hydrogen (secondary N) is 1. The molecule has 9 nitrogen and oxygen atoms in total. The molecule has 1 fully saturated rings. The molecule has 4 rings (SSSR count). The molecule has 2 N–H and O–H groups in total. The van der Waals surface area contributed by atoms with Gasteiger partial charge < -0.3 is 43.7 Å². The van der Waals surface area contributed by atoms with Crippen LogP contribution in [0.3, 0.4) is 0 Å². The normalized spacial score (nSPS) is 21.4. The quantitative estimate of drug-likeness (QED) is 0.292. The Labute approximate surface area is 245 Å². The molecule has 0 amide bonds. The van der Waals surface area contributed by atoms with Crippen LogP contribution in [0.25, 0.3) is 0 Å². The zero-order valence-electron chi connectivity index (χ0n) is 25.2. The predicted molar refractivity (Wildman–Crippen MR) is 159 cm³/mol. The Balaban J connectivity index is 1.46. The van der Waals surface area contributed by atoms with Crippen LogP contribution in [0.2, 0.25) is 0 Å². The number of fused-ring (bicyclic) bond motifs is 1. The van der Waals surface area contributed by atoms with E-state index in [9.17, 15) is 5.11 Å². The van der Waals surface area contributed by atoms with Gasteiger partial charge in [0, 0.05) is 40.5 Å². The van der Waals surface area contributed by atoms with Crippen LogP contribution in [0.5, 0.6) is 5.75 Å². The number of nitrogens with zero attached hydrogens (tertiary/aromatic N) is 1. The third-order valence-corrected chi connectivity index (χ3v) is 7.76. The summed E-state index contributed by atoms with van der Waals surface area (Å²) in [6.45, 7) is 10.9. The monoisotopic (exact) mass is 572 g/mol. The molecule has 2 heterocycles. The van der Waals surface area contributed by atoms with E-state index in [-0.39, 0.29) is 6.10 Å². The van der Waals surface area contributed by atoms with Crippen molar-refractivity contribution in [3.05, 3.63) is 58.7 Å². The Morgan fingerprint density at radius 2 is 1.93 bits per heavy atom. The van der Waals surface area contributed by atoms with Crippen LogP contribution in [0.1, 0.15) is 48.9 Å². The van der Waals surface area contributed by atoms with Gasteiger partial charge in [0.1, 0.15) is 24.1 Å². The van der Waals surface area contributed by atoms with E-state index in [1.165, 1.54) is 0 Å². The van der Waals surface area contributed by atoms with Crippen LogP contribution < -0.4 is 15.0 Å². The van der Waals surface area contributed by atoms with Gasteiger partial charge in [-0.1, -0.05) is 24.3 Å². The van der Waals surface area contributed by atoms with Crippen molar-refractivity contribution >= 4 is 5.69 Å². The maximum Gasteiger partial charge on any atom is 0.142 e. The molecule has 228 valence electrons. The van der Waals surface area contributed by atoms with Gasteiger partial charge in [0.2, 0.25) is 0 Å². The first-order chi connectivity index (χ1) is 20.0. The molecule has 2 aliphatic heterocycles. The number of hydrogen-bond acceptors (Lipinski definition) is 9. The number of methoxy groups -OCH3 is 2. The number of piperidine rings is 1. The van der Waals surface area contributed by atoms with Crippen molar-refractivity contribution in [1.29, 1.82) is 0 Å². The fourth-order valence-electron chi connectivity index (χ4n) is 5.69. The lowest BCUT2D eigenvalue weighted by atomic mass is 9.80. The number of ether oxygens (including phenoxy) is 6. The Morgan fingerprint density at radius 1 is 1.10 bits per heavy atom. The highest BCUT2D eigenvalue weighted by Crippen LogP contribution is 2.37. The topological polar surface area (TPSA) is 90.9 Å². The molecule has 41 heavy (non-hydrogen) atoms. The van der Waals surface area contributed by atoms with E-state index in [1.54, 1.807) is 14.2 Å². The van der Waals surface area contributed by atoms with Gasteiger partial charge in [0.15, 0.2) is 0 Å². The molecule has 9 heteroatoms. The summed E-state index contributed by atoms with van der Waals surface area (Å²) in [6.07, 6.45) is 1.12. The first kappa shape index (κ1) is 31.7. The molecule has 3 atom stereocenters. The summed E-state index contributed by atoms with van der Waals surface area (Å²) >= 11 is 0. The summed E-state index contributed by atoms with van der Waals surface area (Å²) in [7, 11) is 3.41. The Hall–Kier alpha value is -2.24. The highest BCUT2D eigenvalue weighted by atomic mass is 16.5. The standard InChI is InChI=1S/C32H48N2O7/c1-5-39-24(2)20-38-21-25-7-9-28(27(17-25)23-37-4)32(35)11-12-33-19-31(32)41-22-26-8-10-30-29(18-26)34(14-16-40-30)13-6-15-36-3/h7-10,17-18,24,31,33,35H,5-6,11-16,19-23H2,1-4H3/t24?,31-,32-/m0/s1. The molecule has 1 saturated heterocycles. The van der Waals surface area contributed by atoms with Crippen molar-refractivity contribution < 1.29 is 33.5 Å². The SMILES string of the molecule is CCOC(C)COCc1ccc([C@@]2(O)CCNC[C@@H]2OCc2ccc3c(c2)N(CCCOC)CCO3)c(COC)c1. The van der Waals surface area contributed by atoms with Gasteiger partial charge in [-0.05, 0) is 67.6 Å². The van der Waals surface area contributed by atoms with Crippen LogP contribution in [0, 0.1) is 0 Å². The maximum atomic E-state index is 12.1. The van der Waals surface area contributed by atoms with E-state index in [4.69, 9.17) is 28.4 Å². The number of rotatable bonds is 16. The van der Waals surface area contributed by atoms with E-state index < -0.39 is 11.7 Å². The number of anilines is 1. The molecule has 2 aliphatic rings. The molecule has 0 bridgehead atoms. The van der Waals surface area contributed by atoms with Crippen LogP contribution in [-0.2, 0) is 49.1 Å². The third kappa shape index (κ3) is 8.41. The fraction of sp³-hybridized carbons (Fsp3) is 0.625. The third-order valence-electron chi connectivity index (χ3n) is 7.76. The van der Waals surface area contributed by atoms with Gasteiger partial charge in [-0.25, -0.2) is 0 Å². The molecule has 0 aromatic heterocycles. The van der Waals surface area contributed by atoms with Crippen LogP contribution in [-0.4, -0.2) is 84.1 Å². The molecular weight excluding hydrogens is 524 g/mol. The lowest BCUT2D eigenvalue weighted by molar-refractivity contribution is -0.135. The lowest BCUT2D eigenvalue weighted by Crippen LogP contribution is -2.53. The first-order valence-corrected chi connectivity index (χ1v) is 14.8. The van der Waals surface area contributed by atoms with Gasteiger partial charge >= 0.3 is 0 Å². The first-order valence-electron chi connectivity index (χ1n) is 14.8. The Morgan fingerprint density at radius 3 is 2.73 bits per heavy atom. The maximum absolute atomic E-state index is 12.1. The van der Waals surface area contributed by atoms with Crippen molar-refractivity contribution in [1.82, 2.24) is 5.32 Å². The summed E-state index contributed by atoms with van der Waals surface area (Å²) in [4.78, 5) is 2.35. The van der Waals surface area contributed by atoms with E-state index in [0.717, 1.165) is 59.8 Å². The van der Waals surface area contributed by atoms with E-state index in [1.807, 2.05) is 38.1 Å². The summed E-state index contributed by atoms with van der Waals surface area (Å²) in [6, 6.07) is 12.3. The van der Waals surface area contributed by atoms with E-state index in [2.05, 4.69) is 22.3 Å². The Kier molecular flexibility index (Phi) is 12.2. The second kappa shape index (κ2) is 15.8. The van der Waals surface area contributed by atoms with Crippen molar-refractivity contribution in [3.63, 3.8) is 0 Å². The molecule has 0 radical (unpaired) electrons. The predicted octanol–water partition coefficient (Wildman–Crippen LogP) is 3.78. The smallest absolute Gasteiger partial charge is 0.142 e.